The molecule has 0 aliphatic rings. The first-order valence-electron chi connectivity index (χ1n) is 7.30. The van der Waals surface area contributed by atoms with Gasteiger partial charge in [0.25, 0.3) is 5.82 Å². The quantitative estimate of drug-likeness (QED) is 0.781. The van der Waals surface area contributed by atoms with Crippen molar-refractivity contribution in [1.29, 1.82) is 10.5 Å². The van der Waals surface area contributed by atoms with Crippen molar-refractivity contribution in [3.05, 3.63) is 52.0 Å². The molecule has 6 nitrogen and oxygen atoms in total. The lowest BCUT2D eigenvalue weighted by atomic mass is 10.2. The summed E-state index contributed by atoms with van der Waals surface area (Å²) >= 11 is 7.23. The van der Waals surface area contributed by atoms with Gasteiger partial charge in [0.05, 0.1) is 5.25 Å². The lowest BCUT2D eigenvalue weighted by molar-refractivity contribution is -0.410. The fourth-order valence-electron chi connectivity index (χ4n) is 2.01. The maximum Gasteiger partial charge on any atom is 0.289 e. The Morgan fingerprint density at radius 1 is 1.36 bits per heavy atom. The molecule has 1 amide bonds. The smallest absolute Gasteiger partial charge is 0.289 e. The number of rotatable bonds is 5. The molecule has 0 saturated heterocycles. The maximum absolute atomic E-state index is 12.3. The van der Waals surface area contributed by atoms with Gasteiger partial charge in [0.1, 0.15) is 23.3 Å². The average molecular weight is 373 g/mol. The Kier molecular flexibility index (Phi) is 6.24. The summed E-state index contributed by atoms with van der Waals surface area (Å²) in [5, 5.41) is 21.5. The van der Waals surface area contributed by atoms with E-state index >= 15 is 0 Å². The number of nitrogens with zero attached hydrogens (tertiary/aromatic N) is 2. The van der Waals surface area contributed by atoms with E-state index < -0.39 is 5.25 Å². The number of hydrogen-bond donors (Lipinski definition) is 2. The monoisotopic (exact) mass is 372 g/mol. The second kappa shape index (κ2) is 8.39. The minimum absolute atomic E-state index is 0.160. The molecule has 0 unspecified atom stereocenters. The summed E-state index contributed by atoms with van der Waals surface area (Å²) < 4.78 is 0. The number of carbonyl (C=O) groups is 1. The van der Waals surface area contributed by atoms with E-state index in [4.69, 9.17) is 22.6 Å². The van der Waals surface area contributed by atoms with E-state index in [1.54, 1.807) is 13.0 Å². The van der Waals surface area contributed by atoms with Crippen LogP contribution in [0.3, 0.4) is 0 Å². The summed E-state index contributed by atoms with van der Waals surface area (Å²) in [6.45, 7) is 2.03. The van der Waals surface area contributed by atoms with Crippen molar-refractivity contribution >= 4 is 35.1 Å². The lowest BCUT2D eigenvalue weighted by Gasteiger charge is -2.12. The molecule has 1 atom stereocenters. The number of pyridine rings is 1. The highest BCUT2D eigenvalue weighted by Crippen LogP contribution is 2.24. The lowest BCUT2D eigenvalue weighted by Crippen LogP contribution is -2.31. The Bertz CT molecular complexity index is 888. The fourth-order valence-corrected chi connectivity index (χ4v) is 3.16. The van der Waals surface area contributed by atoms with Crippen LogP contribution in [0, 0.1) is 22.7 Å². The second-order valence-electron chi connectivity index (χ2n) is 5.13. The molecule has 0 radical (unpaired) electrons. The van der Waals surface area contributed by atoms with E-state index in [0.29, 0.717) is 16.6 Å². The van der Waals surface area contributed by atoms with Crippen molar-refractivity contribution in [2.75, 3.05) is 5.73 Å². The van der Waals surface area contributed by atoms with E-state index in [2.05, 4.69) is 10.3 Å². The van der Waals surface area contributed by atoms with Gasteiger partial charge in [-0.3, -0.25) is 10.5 Å². The van der Waals surface area contributed by atoms with Gasteiger partial charge < -0.3 is 5.32 Å². The summed E-state index contributed by atoms with van der Waals surface area (Å²) in [6, 6.07) is 12.6. The molecule has 0 bridgehead atoms. The number of amides is 1. The minimum Gasteiger partial charge on any atom is -0.351 e. The molecular formula is C17H15ClN5OS+. The number of halogens is 1. The molecule has 1 aromatic carbocycles. The van der Waals surface area contributed by atoms with Crippen LogP contribution < -0.4 is 16.0 Å². The zero-order valence-corrected chi connectivity index (χ0v) is 14.9. The van der Waals surface area contributed by atoms with Crippen LogP contribution >= 0.6 is 23.4 Å². The maximum atomic E-state index is 12.3. The van der Waals surface area contributed by atoms with Crippen molar-refractivity contribution in [3.63, 3.8) is 0 Å². The largest absolute Gasteiger partial charge is 0.351 e. The van der Waals surface area contributed by atoms with Crippen LogP contribution in [-0.4, -0.2) is 11.2 Å². The second-order valence-corrected chi connectivity index (χ2v) is 6.89. The molecule has 25 heavy (non-hydrogen) atoms. The van der Waals surface area contributed by atoms with Crippen LogP contribution in [-0.2, 0) is 11.3 Å². The molecule has 0 aliphatic heterocycles. The van der Waals surface area contributed by atoms with Gasteiger partial charge in [-0.25, -0.2) is 4.98 Å². The number of nitrogens with one attached hydrogen (secondary N) is 2. The number of anilines is 1. The van der Waals surface area contributed by atoms with Crippen LogP contribution in [0.2, 0.25) is 5.02 Å². The molecule has 2 aromatic rings. The number of nitrogens with two attached hydrogens (primary N) is 1. The number of aromatic nitrogens is 1. The fraction of sp³-hybridized carbons (Fsp3) is 0.176. The number of thioether (sulfide) groups is 1. The van der Waals surface area contributed by atoms with E-state index in [9.17, 15) is 10.1 Å². The van der Waals surface area contributed by atoms with E-state index in [1.807, 2.05) is 30.3 Å². The van der Waals surface area contributed by atoms with Crippen LogP contribution in [0.5, 0.6) is 0 Å². The Hall–Kier alpha value is -2.74. The summed E-state index contributed by atoms with van der Waals surface area (Å²) in [7, 11) is 0. The van der Waals surface area contributed by atoms with Crippen LogP contribution in [0.25, 0.3) is 0 Å². The SMILES string of the molecule is C[C@H](Sc1[nH+]c(N)c(C#N)cc1C#N)C(=O)NCc1ccccc1Cl. The molecule has 0 fully saturated rings. The van der Waals surface area contributed by atoms with Crippen molar-refractivity contribution in [3.8, 4) is 12.1 Å². The highest BCUT2D eigenvalue weighted by molar-refractivity contribution is 8.00. The predicted octanol–water partition coefficient (Wildman–Crippen LogP) is 2.28. The van der Waals surface area contributed by atoms with Gasteiger partial charge in [0, 0.05) is 11.6 Å². The summed E-state index contributed by atoms with van der Waals surface area (Å²) in [5.74, 6) is -0.0437. The van der Waals surface area contributed by atoms with Gasteiger partial charge in [-0.05, 0) is 24.6 Å². The zero-order chi connectivity index (χ0) is 18.4. The van der Waals surface area contributed by atoms with Gasteiger partial charge in [0.15, 0.2) is 5.03 Å². The minimum atomic E-state index is -0.474. The number of nitrogen functional groups attached to an aromatic ring is 1. The van der Waals surface area contributed by atoms with Crippen molar-refractivity contribution in [2.45, 2.75) is 23.7 Å². The standard InChI is InChI=1S/C17H14ClN5OS/c1-10(16(24)22-9-11-4-2-3-5-14(11)18)25-17-13(8-20)6-12(7-19)15(21)23-17/h2-6,10H,9H2,1H3,(H2,21,23)(H,22,24)/p+1/t10-/m0/s1. The normalized spacial score (nSPS) is 11.2. The van der Waals surface area contributed by atoms with Crippen molar-refractivity contribution in [1.82, 2.24) is 5.32 Å². The van der Waals surface area contributed by atoms with Crippen LogP contribution in [0.1, 0.15) is 23.6 Å². The molecule has 0 saturated carbocycles. The average Bonchev–Trinajstić information content (AvgIpc) is 2.61. The summed E-state index contributed by atoms with van der Waals surface area (Å²) in [6.07, 6.45) is 0. The first-order chi connectivity index (χ1) is 12.0. The summed E-state index contributed by atoms with van der Waals surface area (Å²) in [4.78, 5) is 15.1. The third kappa shape index (κ3) is 4.63. The van der Waals surface area contributed by atoms with Gasteiger partial charge >= 0.3 is 0 Å². The van der Waals surface area contributed by atoms with Crippen LogP contribution in [0.4, 0.5) is 5.82 Å². The Morgan fingerprint density at radius 3 is 2.68 bits per heavy atom. The molecule has 4 N–H and O–H groups in total. The molecule has 1 aromatic heterocycles. The number of hydrogen-bond acceptors (Lipinski definition) is 5. The number of nitriles is 2. The zero-order valence-electron chi connectivity index (χ0n) is 13.3. The van der Waals surface area contributed by atoms with E-state index in [0.717, 1.165) is 17.3 Å². The highest BCUT2D eigenvalue weighted by Gasteiger charge is 2.21. The molecule has 2 rings (SSSR count). The number of H-pyrrole nitrogens is 1. The van der Waals surface area contributed by atoms with E-state index in [-0.39, 0.29) is 22.9 Å². The molecule has 1 heterocycles. The van der Waals surface area contributed by atoms with Gasteiger partial charge in [0.2, 0.25) is 5.91 Å². The van der Waals surface area contributed by atoms with E-state index in [1.165, 1.54) is 6.07 Å². The first kappa shape index (κ1) is 18.6. The summed E-state index contributed by atoms with van der Waals surface area (Å²) in [5.41, 5.74) is 7.02. The Labute approximate surface area is 154 Å². The Morgan fingerprint density at radius 2 is 2.04 bits per heavy atom. The number of benzene rings is 1. The van der Waals surface area contributed by atoms with Crippen LogP contribution in [0.15, 0.2) is 35.4 Å². The van der Waals surface area contributed by atoms with Crippen molar-refractivity contribution in [2.24, 2.45) is 0 Å². The third-order valence-corrected chi connectivity index (χ3v) is 4.88. The predicted molar refractivity (Wildman–Crippen MR) is 95.5 cm³/mol. The Balaban J connectivity index is 2.07. The number of aromatic amines is 1. The highest BCUT2D eigenvalue weighted by atomic mass is 35.5. The first-order valence-corrected chi connectivity index (χ1v) is 8.55. The topological polar surface area (TPSA) is 117 Å². The molecular weight excluding hydrogens is 358 g/mol. The van der Waals surface area contributed by atoms with Gasteiger partial charge in [-0.15, -0.1) is 0 Å². The van der Waals surface area contributed by atoms with Gasteiger partial charge in [-0.2, -0.15) is 10.5 Å². The molecule has 0 spiro atoms. The molecule has 8 heteroatoms. The molecule has 0 aliphatic carbocycles. The van der Waals surface area contributed by atoms with Gasteiger partial charge in [-0.1, -0.05) is 41.6 Å². The third-order valence-electron chi connectivity index (χ3n) is 3.39. The molecule has 126 valence electrons. The number of carbonyl (C=O) groups excluding carboxylic acids is 1. The van der Waals surface area contributed by atoms with Crippen molar-refractivity contribution < 1.29 is 9.78 Å².